The van der Waals surface area contributed by atoms with E-state index < -0.39 is 16.0 Å². The number of unbranched alkanes of at least 4 members (excludes halogenated alkanes) is 11. The molecule has 0 bridgehead atoms. The number of esters is 1. The molecular formula is C27H45ClN2O4S. The normalized spacial score (nSPS) is 12.1. The first kappa shape index (κ1) is 31.5. The monoisotopic (exact) mass is 528 g/mol. The zero-order chi connectivity index (χ0) is 25.9. The number of anilines is 1. The van der Waals surface area contributed by atoms with Crippen LogP contribution in [0.1, 0.15) is 104 Å². The summed E-state index contributed by atoms with van der Waals surface area (Å²) in [5, 5.41) is 3.34. The van der Waals surface area contributed by atoms with Crippen LogP contribution in [0, 0.1) is 0 Å². The molecule has 0 saturated carbocycles. The number of carbonyl (C=O) groups is 1. The minimum Gasteiger partial charge on any atom is -0.463 e. The molecule has 0 aliphatic rings. The summed E-state index contributed by atoms with van der Waals surface area (Å²) in [7, 11) is -3.63. The van der Waals surface area contributed by atoms with E-state index in [1.807, 2.05) is 6.92 Å². The van der Waals surface area contributed by atoms with Gasteiger partial charge in [-0.3, -0.25) is 0 Å². The van der Waals surface area contributed by atoms with Crippen LogP contribution in [0.4, 0.5) is 5.69 Å². The molecule has 0 atom stereocenters. The average Bonchev–Trinajstić information content (AvgIpc) is 2.82. The fourth-order valence-corrected chi connectivity index (χ4v) is 5.14. The zero-order valence-corrected chi connectivity index (χ0v) is 23.4. The lowest BCUT2D eigenvalue weighted by Gasteiger charge is -2.13. The van der Waals surface area contributed by atoms with Gasteiger partial charge in [0.2, 0.25) is 10.0 Å². The van der Waals surface area contributed by atoms with Crippen molar-refractivity contribution >= 4 is 33.3 Å². The lowest BCUT2D eigenvalue weighted by molar-refractivity contribution is -0.137. The van der Waals surface area contributed by atoms with Gasteiger partial charge in [-0.25, -0.2) is 17.9 Å². The SMILES string of the molecule is CCCCCCCCCCCCCCNS(=O)(=O)c1ccc(NC(=CC(=O)OCC)CC)c(Cl)c1. The Morgan fingerprint density at radius 3 is 2.00 bits per heavy atom. The van der Waals surface area contributed by atoms with Crippen molar-refractivity contribution in [1.82, 2.24) is 4.72 Å². The summed E-state index contributed by atoms with van der Waals surface area (Å²) in [5.74, 6) is -0.436. The number of ether oxygens (including phenoxy) is 1. The number of carbonyl (C=O) groups excluding carboxylic acids is 1. The third kappa shape index (κ3) is 13.9. The topological polar surface area (TPSA) is 84.5 Å². The number of rotatable bonds is 20. The largest absolute Gasteiger partial charge is 0.463 e. The Hall–Kier alpha value is -1.57. The average molecular weight is 529 g/mol. The zero-order valence-electron chi connectivity index (χ0n) is 21.8. The maximum Gasteiger partial charge on any atom is 0.332 e. The quantitative estimate of drug-likeness (QED) is 0.103. The molecule has 0 aromatic heterocycles. The van der Waals surface area contributed by atoms with Gasteiger partial charge in [-0.05, 0) is 38.0 Å². The Kier molecular flexibility index (Phi) is 16.8. The molecule has 0 heterocycles. The molecule has 35 heavy (non-hydrogen) atoms. The Labute approximate surface area is 218 Å². The van der Waals surface area contributed by atoms with E-state index in [4.69, 9.17) is 16.3 Å². The predicted molar refractivity (Wildman–Crippen MR) is 146 cm³/mol. The summed E-state index contributed by atoms with van der Waals surface area (Å²) >= 11 is 6.32. The summed E-state index contributed by atoms with van der Waals surface area (Å²) < 4.78 is 32.9. The second-order valence-corrected chi connectivity index (χ2v) is 11.0. The van der Waals surface area contributed by atoms with Gasteiger partial charge in [-0.15, -0.1) is 0 Å². The van der Waals surface area contributed by atoms with E-state index in [-0.39, 0.29) is 9.92 Å². The van der Waals surface area contributed by atoms with Gasteiger partial charge in [0.05, 0.1) is 22.2 Å². The first-order valence-corrected chi connectivity index (χ1v) is 15.1. The number of hydrogen-bond acceptors (Lipinski definition) is 5. The smallest absolute Gasteiger partial charge is 0.332 e. The fourth-order valence-electron chi connectivity index (χ4n) is 3.75. The first-order valence-electron chi connectivity index (χ1n) is 13.3. The molecule has 0 aliphatic carbocycles. The number of benzene rings is 1. The molecule has 200 valence electrons. The molecule has 1 aromatic carbocycles. The van der Waals surface area contributed by atoms with Crippen LogP contribution in [-0.2, 0) is 19.6 Å². The second-order valence-electron chi connectivity index (χ2n) is 8.83. The first-order chi connectivity index (χ1) is 16.8. The molecule has 2 N–H and O–H groups in total. The number of hydrogen-bond donors (Lipinski definition) is 2. The highest BCUT2D eigenvalue weighted by Crippen LogP contribution is 2.27. The van der Waals surface area contributed by atoms with Crippen molar-refractivity contribution in [3.05, 3.63) is 35.0 Å². The van der Waals surface area contributed by atoms with Crippen LogP contribution in [0.3, 0.4) is 0 Å². The van der Waals surface area contributed by atoms with Gasteiger partial charge in [0.1, 0.15) is 0 Å². The van der Waals surface area contributed by atoms with Crippen molar-refractivity contribution in [2.45, 2.75) is 109 Å². The van der Waals surface area contributed by atoms with Crippen LogP contribution < -0.4 is 10.0 Å². The Bertz CT molecular complexity index is 872. The second kappa shape index (κ2) is 18.7. The highest BCUT2D eigenvalue weighted by atomic mass is 35.5. The summed E-state index contributed by atoms with van der Waals surface area (Å²) in [4.78, 5) is 11.8. The van der Waals surface area contributed by atoms with E-state index in [2.05, 4.69) is 17.0 Å². The highest BCUT2D eigenvalue weighted by Gasteiger charge is 2.15. The van der Waals surface area contributed by atoms with Crippen LogP contribution >= 0.6 is 11.6 Å². The van der Waals surface area contributed by atoms with E-state index in [1.165, 1.54) is 76.0 Å². The molecule has 0 radical (unpaired) electrons. The van der Waals surface area contributed by atoms with Gasteiger partial charge in [0.25, 0.3) is 0 Å². The maximum absolute atomic E-state index is 12.6. The highest BCUT2D eigenvalue weighted by molar-refractivity contribution is 7.89. The Morgan fingerprint density at radius 2 is 1.49 bits per heavy atom. The van der Waals surface area contributed by atoms with Crippen LogP contribution in [0.5, 0.6) is 0 Å². The molecule has 0 fully saturated rings. The van der Waals surface area contributed by atoms with Crippen molar-refractivity contribution in [2.24, 2.45) is 0 Å². The predicted octanol–water partition coefficient (Wildman–Crippen LogP) is 7.59. The number of halogens is 1. The van der Waals surface area contributed by atoms with Gasteiger partial charge in [0, 0.05) is 18.3 Å². The molecule has 0 spiro atoms. The van der Waals surface area contributed by atoms with Gasteiger partial charge < -0.3 is 10.1 Å². The third-order valence-corrected chi connectivity index (χ3v) is 7.60. The molecule has 0 saturated heterocycles. The fraction of sp³-hybridized carbons (Fsp3) is 0.667. The van der Waals surface area contributed by atoms with E-state index >= 15 is 0 Å². The van der Waals surface area contributed by atoms with E-state index in [1.54, 1.807) is 13.0 Å². The maximum atomic E-state index is 12.6. The van der Waals surface area contributed by atoms with Crippen LogP contribution in [-0.4, -0.2) is 27.5 Å². The molecule has 0 unspecified atom stereocenters. The van der Waals surface area contributed by atoms with Crippen molar-refractivity contribution in [3.8, 4) is 0 Å². The minimum atomic E-state index is -3.63. The van der Waals surface area contributed by atoms with Crippen LogP contribution in [0.25, 0.3) is 0 Å². The van der Waals surface area contributed by atoms with Crippen LogP contribution in [0.15, 0.2) is 34.9 Å². The Balaban J connectivity index is 2.36. The van der Waals surface area contributed by atoms with E-state index in [0.717, 1.165) is 19.3 Å². The van der Waals surface area contributed by atoms with Gasteiger partial charge >= 0.3 is 5.97 Å². The molecule has 0 aliphatic heterocycles. The number of sulfonamides is 1. The van der Waals surface area contributed by atoms with Crippen molar-refractivity contribution in [2.75, 3.05) is 18.5 Å². The van der Waals surface area contributed by atoms with Crippen LogP contribution in [0.2, 0.25) is 5.02 Å². The standard InChI is InChI=1S/C27H45ClN2O4S/c1-4-7-8-9-10-11-12-13-14-15-16-17-20-29-35(32,33)24-18-19-26(25(28)22-24)30-23(5-2)21-27(31)34-6-3/h18-19,21-22,29-30H,4-17,20H2,1-3H3. The molecule has 1 aromatic rings. The third-order valence-electron chi connectivity index (χ3n) is 5.83. The minimum absolute atomic E-state index is 0.124. The van der Waals surface area contributed by atoms with Gasteiger partial charge in [0.15, 0.2) is 0 Å². The lowest BCUT2D eigenvalue weighted by atomic mass is 10.1. The molecule has 1 rings (SSSR count). The summed E-state index contributed by atoms with van der Waals surface area (Å²) in [5.41, 5.74) is 1.16. The van der Waals surface area contributed by atoms with Crippen molar-refractivity contribution < 1.29 is 17.9 Å². The molecule has 0 amide bonds. The summed E-state index contributed by atoms with van der Waals surface area (Å²) in [6, 6.07) is 4.54. The molecule has 8 heteroatoms. The van der Waals surface area contributed by atoms with Crippen molar-refractivity contribution in [3.63, 3.8) is 0 Å². The number of nitrogens with one attached hydrogen (secondary N) is 2. The lowest BCUT2D eigenvalue weighted by Crippen LogP contribution is -2.24. The van der Waals surface area contributed by atoms with E-state index in [9.17, 15) is 13.2 Å². The van der Waals surface area contributed by atoms with Gasteiger partial charge in [-0.1, -0.05) is 96.1 Å². The summed E-state index contributed by atoms with van der Waals surface area (Å²) in [6.45, 7) is 6.59. The van der Waals surface area contributed by atoms with Crippen molar-refractivity contribution in [1.29, 1.82) is 0 Å². The molecular weight excluding hydrogens is 484 g/mol. The summed E-state index contributed by atoms with van der Waals surface area (Å²) in [6.07, 6.45) is 16.8. The molecule has 6 nitrogen and oxygen atoms in total. The number of allylic oxidation sites excluding steroid dienone is 1. The van der Waals surface area contributed by atoms with Gasteiger partial charge in [-0.2, -0.15) is 0 Å². The van der Waals surface area contributed by atoms with E-state index in [0.29, 0.717) is 31.0 Å². The Morgan fingerprint density at radius 1 is 0.914 bits per heavy atom.